The van der Waals surface area contributed by atoms with E-state index in [0.717, 1.165) is 33.5 Å². The number of amides is 1. The molecule has 0 aliphatic heterocycles. The van der Waals surface area contributed by atoms with E-state index in [-0.39, 0.29) is 18.0 Å². The standard InChI is InChI=1S/C21H28N4O2S2/c1-2-19-23-24(21(27)17-13-18-16(25(17)19)9-12-29-18)14-20(26)22-10-6-11-28-15-7-4-3-5-8-15/h9,12-13,15H,2-8,10-11,14H2,1H3,(H,22,26). The van der Waals surface area contributed by atoms with Gasteiger partial charge in [0.1, 0.15) is 17.9 Å². The maximum Gasteiger partial charge on any atom is 0.291 e. The lowest BCUT2D eigenvalue weighted by molar-refractivity contribution is -0.121. The lowest BCUT2D eigenvalue weighted by atomic mass is 10.0. The zero-order valence-corrected chi connectivity index (χ0v) is 18.5. The lowest BCUT2D eigenvalue weighted by Crippen LogP contribution is -2.35. The van der Waals surface area contributed by atoms with Crippen LogP contribution in [0.15, 0.2) is 22.3 Å². The molecule has 0 bridgehead atoms. The highest BCUT2D eigenvalue weighted by Gasteiger charge is 2.16. The van der Waals surface area contributed by atoms with Crippen molar-refractivity contribution in [1.29, 1.82) is 0 Å². The minimum atomic E-state index is -0.214. The third kappa shape index (κ3) is 4.53. The van der Waals surface area contributed by atoms with Gasteiger partial charge in [0.05, 0.1) is 10.2 Å². The fraction of sp³-hybridized carbons (Fsp3) is 0.571. The van der Waals surface area contributed by atoms with Crippen molar-refractivity contribution in [2.24, 2.45) is 0 Å². The smallest absolute Gasteiger partial charge is 0.291 e. The summed E-state index contributed by atoms with van der Waals surface area (Å²) in [7, 11) is 0. The third-order valence-corrected chi connectivity index (χ3v) is 7.85. The Labute approximate surface area is 178 Å². The maximum absolute atomic E-state index is 12.9. The Hall–Kier alpha value is -1.80. The van der Waals surface area contributed by atoms with Gasteiger partial charge in [0.15, 0.2) is 0 Å². The first-order chi connectivity index (χ1) is 14.2. The molecule has 4 rings (SSSR count). The second-order valence-electron chi connectivity index (χ2n) is 7.60. The largest absolute Gasteiger partial charge is 0.354 e. The van der Waals surface area contributed by atoms with Crippen LogP contribution in [0.2, 0.25) is 0 Å². The monoisotopic (exact) mass is 432 g/mol. The summed E-state index contributed by atoms with van der Waals surface area (Å²) in [5.41, 5.74) is 1.39. The number of carbonyl (C=O) groups is 1. The van der Waals surface area contributed by atoms with E-state index in [1.807, 2.05) is 40.6 Å². The predicted octanol–water partition coefficient (Wildman–Crippen LogP) is 3.85. The minimum absolute atomic E-state index is 0.0308. The summed E-state index contributed by atoms with van der Waals surface area (Å²) in [5, 5.41) is 10.2. The van der Waals surface area contributed by atoms with Crippen molar-refractivity contribution in [2.45, 2.75) is 63.7 Å². The van der Waals surface area contributed by atoms with Crippen LogP contribution < -0.4 is 10.9 Å². The topological polar surface area (TPSA) is 68.4 Å². The summed E-state index contributed by atoms with van der Waals surface area (Å²) in [6.07, 6.45) is 8.43. The molecule has 0 saturated heterocycles. The predicted molar refractivity (Wildman–Crippen MR) is 121 cm³/mol. The fourth-order valence-corrected chi connectivity index (χ4v) is 6.15. The van der Waals surface area contributed by atoms with Crippen LogP contribution in [0, 0.1) is 0 Å². The number of hydrogen-bond donors (Lipinski definition) is 1. The van der Waals surface area contributed by atoms with Crippen LogP contribution in [0.4, 0.5) is 0 Å². The molecule has 156 valence electrons. The van der Waals surface area contributed by atoms with Crippen LogP contribution in [0.25, 0.3) is 15.7 Å². The van der Waals surface area contributed by atoms with Crippen LogP contribution in [0.1, 0.15) is 51.3 Å². The molecule has 8 heteroatoms. The molecular weight excluding hydrogens is 404 g/mol. The highest BCUT2D eigenvalue weighted by atomic mass is 32.2. The van der Waals surface area contributed by atoms with Gasteiger partial charge in [-0.2, -0.15) is 16.9 Å². The van der Waals surface area contributed by atoms with Crippen LogP contribution in [0.3, 0.4) is 0 Å². The number of nitrogens with one attached hydrogen (secondary N) is 1. The number of fused-ring (bicyclic) bond motifs is 3. The van der Waals surface area contributed by atoms with Crippen molar-refractivity contribution < 1.29 is 4.79 Å². The van der Waals surface area contributed by atoms with Crippen molar-refractivity contribution >= 4 is 44.7 Å². The second kappa shape index (κ2) is 9.34. The van der Waals surface area contributed by atoms with Gasteiger partial charge in [-0.3, -0.25) is 14.0 Å². The molecule has 1 aliphatic rings. The normalized spacial score (nSPS) is 15.3. The van der Waals surface area contributed by atoms with Crippen LogP contribution in [-0.4, -0.2) is 37.6 Å². The molecule has 0 spiro atoms. The Bertz CT molecular complexity index is 1050. The molecule has 1 fully saturated rings. The van der Waals surface area contributed by atoms with Crippen LogP contribution in [0.5, 0.6) is 0 Å². The molecule has 1 N–H and O–H groups in total. The molecule has 0 atom stereocenters. The molecular formula is C21H28N4O2S2. The fourth-order valence-electron chi connectivity index (χ4n) is 4.03. The van der Waals surface area contributed by atoms with Crippen molar-refractivity contribution in [3.8, 4) is 0 Å². The van der Waals surface area contributed by atoms with E-state index in [9.17, 15) is 9.59 Å². The van der Waals surface area contributed by atoms with Crippen LogP contribution >= 0.6 is 23.1 Å². The van der Waals surface area contributed by atoms with Gasteiger partial charge < -0.3 is 5.32 Å². The summed E-state index contributed by atoms with van der Waals surface area (Å²) in [6, 6.07) is 3.91. The number of thioether (sulfide) groups is 1. The first-order valence-electron chi connectivity index (χ1n) is 10.5. The number of rotatable bonds is 8. The molecule has 1 saturated carbocycles. The molecule has 29 heavy (non-hydrogen) atoms. The molecule has 3 heterocycles. The number of thiophene rings is 1. The summed E-state index contributed by atoms with van der Waals surface area (Å²) >= 11 is 3.65. The van der Waals surface area contributed by atoms with E-state index >= 15 is 0 Å². The molecule has 1 amide bonds. The average molecular weight is 433 g/mol. The Morgan fingerprint density at radius 3 is 2.93 bits per heavy atom. The highest BCUT2D eigenvalue weighted by molar-refractivity contribution is 7.99. The van der Waals surface area contributed by atoms with Crippen LogP contribution in [-0.2, 0) is 17.8 Å². The van der Waals surface area contributed by atoms with E-state index in [1.54, 1.807) is 11.3 Å². The highest BCUT2D eigenvalue weighted by Crippen LogP contribution is 2.28. The zero-order valence-electron chi connectivity index (χ0n) is 16.9. The zero-order chi connectivity index (χ0) is 20.2. The number of carbonyl (C=O) groups excluding carboxylic acids is 1. The van der Waals surface area contributed by atoms with E-state index in [1.165, 1.54) is 36.8 Å². The SMILES string of the molecule is CCc1nn(CC(=O)NCCCSC2CCCCC2)c(=O)c2cc3sccc3n12. The molecule has 0 aromatic carbocycles. The van der Waals surface area contributed by atoms with Crippen molar-refractivity contribution in [3.63, 3.8) is 0 Å². The summed E-state index contributed by atoms with van der Waals surface area (Å²) < 4.78 is 4.30. The number of nitrogens with zero attached hydrogens (tertiary/aromatic N) is 3. The van der Waals surface area contributed by atoms with E-state index < -0.39 is 0 Å². The van der Waals surface area contributed by atoms with Crippen molar-refractivity contribution in [3.05, 3.63) is 33.7 Å². The lowest BCUT2D eigenvalue weighted by Gasteiger charge is -2.20. The first-order valence-corrected chi connectivity index (χ1v) is 12.5. The molecule has 1 aliphatic carbocycles. The summed E-state index contributed by atoms with van der Waals surface area (Å²) in [5.74, 6) is 1.72. The molecule has 6 nitrogen and oxygen atoms in total. The molecule has 3 aromatic rings. The van der Waals surface area contributed by atoms with E-state index in [0.29, 0.717) is 18.5 Å². The first kappa shape index (κ1) is 20.5. The minimum Gasteiger partial charge on any atom is -0.354 e. The van der Waals surface area contributed by atoms with Gasteiger partial charge in [0, 0.05) is 18.2 Å². The van der Waals surface area contributed by atoms with Crippen molar-refractivity contribution in [1.82, 2.24) is 19.5 Å². The Kier molecular flexibility index (Phi) is 6.60. The molecule has 0 unspecified atom stereocenters. The van der Waals surface area contributed by atoms with Gasteiger partial charge in [-0.25, -0.2) is 4.68 Å². The van der Waals surface area contributed by atoms with E-state index in [4.69, 9.17) is 0 Å². The van der Waals surface area contributed by atoms with Gasteiger partial charge >= 0.3 is 0 Å². The number of aromatic nitrogens is 3. The Morgan fingerprint density at radius 2 is 2.14 bits per heavy atom. The quantitative estimate of drug-likeness (QED) is 0.549. The van der Waals surface area contributed by atoms with E-state index in [2.05, 4.69) is 10.4 Å². The van der Waals surface area contributed by atoms with Crippen molar-refractivity contribution in [2.75, 3.05) is 12.3 Å². The van der Waals surface area contributed by atoms with Gasteiger partial charge in [-0.05, 0) is 42.5 Å². The van der Waals surface area contributed by atoms with Gasteiger partial charge in [0.25, 0.3) is 5.56 Å². The van der Waals surface area contributed by atoms with Gasteiger partial charge in [0.2, 0.25) is 5.91 Å². The number of aryl methyl sites for hydroxylation is 1. The number of hydrogen-bond acceptors (Lipinski definition) is 5. The molecule has 3 aromatic heterocycles. The van der Waals surface area contributed by atoms with Gasteiger partial charge in [-0.1, -0.05) is 26.2 Å². The average Bonchev–Trinajstić information content (AvgIpc) is 3.32. The maximum atomic E-state index is 12.9. The summed E-state index contributed by atoms with van der Waals surface area (Å²) in [6.45, 7) is 2.63. The van der Waals surface area contributed by atoms with Gasteiger partial charge in [-0.15, -0.1) is 11.3 Å². The Morgan fingerprint density at radius 1 is 1.31 bits per heavy atom. The summed E-state index contributed by atoms with van der Waals surface area (Å²) in [4.78, 5) is 25.2. The third-order valence-electron chi connectivity index (χ3n) is 5.53. The molecule has 0 radical (unpaired) electrons. The second-order valence-corrected chi connectivity index (χ2v) is 9.96. The Balaban J connectivity index is 1.35.